The zero-order valence-electron chi connectivity index (χ0n) is 9.64. The smallest absolute Gasteiger partial charge is 0.192 e. The standard InChI is InChI=1S/C13H11N3S/c1-9-3-4-11(6-14)12(5-9)17-13-15-7-10(2)8-16-13/h3-5,7-8H,1-2H3. The highest BCUT2D eigenvalue weighted by Gasteiger charge is 2.06. The third-order valence-electron chi connectivity index (χ3n) is 2.22. The van der Waals surface area contributed by atoms with Gasteiger partial charge < -0.3 is 0 Å². The molecule has 0 aliphatic carbocycles. The molecule has 4 heteroatoms. The number of hydrogen-bond donors (Lipinski definition) is 0. The summed E-state index contributed by atoms with van der Waals surface area (Å²) in [6.45, 7) is 3.95. The molecule has 2 aromatic rings. The summed E-state index contributed by atoms with van der Waals surface area (Å²) >= 11 is 1.42. The van der Waals surface area contributed by atoms with E-state index < -0.39 is 0 Å². The van der Waals surface area contributed by atoms with Crippen molar-refractivity contribution in [3.8, 4) is 6.07 Å². The summed E-state index contributed by atoms with van der Waals surface area (Å²) in [6, 6.07) is 7.91. The Morgan fingerprint density at radius 2 is 1.82 bits per heavy atom. The highest BCUT2D eigenvalue weighted by atomic mass is 32.2. The van der Waals surface area contributed by atoms with E-state index in [2.05, 4.69) is 16.0 Å². The van der Waals surface area contributed by atoms with Gasteiger partial charge in [0.2, 0.25) is 0 Å². The Labute approximate surface area is 105 Å². The Hall–Kier alpha value is -1.86. The molecule has 0 aliphatic rings. The molecule has 0 radical (unpaired) electrons. The van der Waals surface area contributed by atoms with Crippen molar-refractivity contribution in [3.63, 3.8) is 0 Å². The van der Waals surface area contributed by atoms with E-state index in [1.54, 1.807) is 12.4 Å². The lowest BCUT2D eigenvalue weighted by atomic mass is 10.2. The number of benzene rings is 1. The summed E-state index contributed by atoms with van der Waals surface area (Å²) in [6.07, 6.45) is 3.55. The number of aryl methyl sites for hydroxylation is 2. The van der Waals surface area contributed by atoms with Gasteiger partial charge in [-0.15, -0.1) is 0 Å². The van der Waals surface area contributed by atoms with Gasteiger partial charge in [0, 0.05) is 17.3 Å². The second kappa shape index (κ2) is 4.98. The van der Waals surface area contributed by atoms with Gasteiger partial charge in [0.15, 0.2) is 5.16 Å². The highest BCUT2D eigenvalue weighted by Crippen LogP contribution is 2.28. The molecule has 17 heavy (non-hydrogen) atoms. The van der Waals surface area contributed by atoms with Gasteiger partial charge in [-0.25, -0.2) is 9.97 Å². The fraction of sp³-hybridized carbons (Fsp3) is 0.154. The van der Waals surface area contributed by atoms with Crippen LogP contribution in [0.3, 0.4) is 0 Å². The Morgan fingerprint density at radius 3 is 2.47 bits per heavy atom. The zero-order valence-corrected chi connectivity index (χ0v) is 10.5. The molecule has 0 spiro atoms. The topological polar surface area (TPSA) is 49.6 Å². The van der Waals surface area contributed by atoms with Crippen molar-refractivity contribution in [3.05, 3.63) is 47.3 Å². The lowest BCUT2D eigenvalue weighted by molar-refractivity contribution is 0.949. The van der Waals surface area contributed by atoms with Crippen molar-refractivity contribution in [2.75, 3.05) is 0 Å². The summed E-state index contributed by atoms with van der Waals surface area (Å²) in [7, 11) is 0. The first-order valence-corrected chi connectivity index (χ1v) is 5.98. The molecule has 2 rings (SSSR count). The Morgan fingerprint density at radius 1 is 1.12 bits per heavy atom. The van der Waals surface area contributed by atoms with Gasteiger partial charge in [0.25, 0.3) is 0 Å². The third kappa shape index (κ3) is 2.83. The van der Waals surface area contributed by atoms with Gasteiger partial charge in [-0.1, -0.05) is 6.07 Å². The van der Waals surface area contributed by atoms with Gasteiger partial charge in [0.1, 0.15) is 6.07 Å². The Kier molecular flexibility index (Phi) is 3.40. The van der Waals surface area contributed by atoms with E-state index in [9.17, 15) is 0 Å². The van der Waals surface area contributed by atoms with Crippen LogP contribution in [0, 0.1) is 25.2 Å². The van der Waals surface area contributed by atoms with E-state index in [4.69, 9.17) is 5.26 Å². The molecular weight excluding hydrogens is 230 g/mol. The van der Waals surface area contributed by atoms with E-state index in [1.165, 1.54) is 11.8 Å². The molecule has 0 fully saturated rings. The molecular formula is C13H11N3S. The molecule has 0 N–H and O–H groups in total. The van der Waals surface area contributed by atoms with Crippen molar-refractivity contribution in [2.24, 2.45) is 0 Å². The van der Waals surface area contributed by atoms with Crippen molar-refractivity contribution in [1.82, 2.24) is 9.97 Å². The zero-order chi connectivity index (χ0) is 12.3. The van der Waals surface area contributed by atoms with E-state index in [0.717, 1.165) is 16.0 Å². The van der Waals surface area contributed by atoms with Gasteiger partial charge in [0.05, 0.1) is 5.56 Å². The van der Waals surface area contributed by atoms with Crippen molar-refractivity contribution in [2.45, 2.75) is 23.9 Å². The van der Waals surface area contributed by atoms with Gasteiger partial charge >= 0.3 is 0 Å². The number of hydrogen-bond acceptors (Lipinski definition) is 4. The third-order valence-corrected chi connectivity index (χ3v) is 3.17. The SMILES string of the molecule is Cc1cnc(Sc2cc(C)ccc2C#N)nc1. The lowest BCUT2D eigenvalue weighted by Gasteiger charge is -2.03. The lowest BCUT2D eigenvalue weighted by Crippen LogP contribution is -1.89. The van der Waals surface area contributed by atoms with Gasteiger partial charge in [-0.05, 0) is 48.9 Å². The Bertz CT molecular complexity index is 570. The van der Waals surface area contributed by atoms with E-state index in [0.29, 0.717) is 10.7 Å². The molecule has 0 unspecified atom stereocenters. The number of aromatic nitrogens is 2. The predicted molar refractivity (Wildman–Crippen MR) is 66.8 cm³/mol. The monoisotopic (exact) mass is 241 g/mol. The summed E-state index contributed by atoms with van der Waals surface area (Å²) in [5, 5.41) is 9.69. The first-order chi connectivity index (χ1) is 8.19. The molecule has 0 atom stereocenters. The number of nitriles is 1. The first-order valence-electron chi connectivity index (χ1n) is 5.16. The number of rotatable bonds is 2. The van der Waals surface area contributed by atoms with Crippen LogP contribution in [-0.4, -0.2) is 9.97 Å². The van der Waals surface area contributed by atoms with Crippen molar-refractivity contribution in [1.29, 1.82) is 5.26 Å². The van der Waals surface area contributed by atoms with Crippen LogP contribution in [0.15, 0.2) is 40.6 Å². The van der Waals surface area contributed by atoms with E-state index in [-0.39, 0.29) is 0 Å². The maximum Gasteiger partial charge on any atom is 0.192 e. The van der Waals surface area contributed by atoms with Crippen LogP contribution >= 0.6 is 11.8 Å². The van der Waals surface area contributed by atoms with Crippen molar-refractivity contribution >= 4 is 11.8 Å². The minimum Gasteiger partial charge on any atom is -0.231 e. The van der Waals surface area contributed by atoms with E-state index >= 15 is 0 Å². The largest absolute Gasteiger partial charge is 0.231 e. The fourth-order valence-electron chi connectivity index (χ4n) is 1.34. The normalized spacial score (nSPS) is 9.94. The molecule has 3 nitrogen and oxygen atoms in total. The van der Waals surface area contributed by atoms with Crippen LogP contribution in [0.1, 0.15) is 16.7 Å². The number of nitrogens with zero attached hydrogens (tertiary/aromatic N) is 3. The summed E-state index contributed by atoms with van der Waals surface area (Å²) < 4.78 is 0. The predicted octanol–water partition coefficient (Wildman–Crippen LogP) is 3.12. The average molecular weight is 241 g/mol. The molecule has 0 aliphatic heterocycles. The second-order valence-electron chi connectivity index (χ2n) is 3.76. The van der Waals surface area contributed by atoms with Crippen LogP contribution in [0.2, 0.25) is 0 Å². The first kappa shape index (κ1) is 11.6. The van der Waals surface area contributed by atoms with Gasteiger partial charge in [-0.3, -0.25) is 0 Å². The minimum absolute atomic E-state index is 0.657. The molecule has 0 saturated carbocycles. The summed E-state index contributed by atoms with van der Waals surface area (Å²) in [4.78, 5) is 9.34. The van der Waals surface area contributed by atoms with Crippen LogP contribution < -0.4 is 0 Å². The van der Waals surface area contributed by atoms with Crippen LogP contribution in [-0.2, 0) is 0 Å². The molecule has 1 heterocycles. The molecule has 84 valence electrons. The second-order valence-corrected chi connectivity index (χ2v) is 4.77. The molecule has 0 saturated heterocycles. The summed E-state index contributed by atoms with van der Waals surface area (Å²) in [5.74, 6) is 0. The highest BCUT2D eigenvalue weighted by molar-refractivity contribution is 7.99. The maximum absolute atomic E-state index is 9.03. The van der Waals surface area contributed by atoms with Crippen molar-refractivity contribution < 1.29 is 0 Å². The fourth-order valence-corrected chi connectivity index (χ4v) is 2.21. The molecule has 1 aromatic heterocycles. The Balaban J connectivity index is 2.32. The summed E-state index contributed by atoms with van der Waals surface area (Å²) in [5.41, 5.74) is 2.81. The average Bonchev–Trinajstić information content (AvgIpc) is 2.32. The van der Waals surface area contributed by atoms with Crippen LogP contribution in [0.5, 0.6) is 0 Å². The van der Waals surface area contributed by atoms with Crippen LogP contribution in [0.4, 0.5) is 0 Å². The quantitative estimate of drug-likeness (QED) is 0.758. The minimum atomic E-state index is 0.657. The van der Waals surface area contributed by atoms with Crippen LogP contribution in [0.25, 0.3) is 0 Å². The van der Waals surface area contributed by atoms with Gasteiger partial charge in [-0.2, -0.15) is 5.26 Å². The van der Waals surface area contributed by atoms with E-state index in [1.807, 2.05) is 32.0 Å². The molecule has 0 amide bonds. The molecule has 0 bridgehead atoms. The molecule has 1 aromatic carbocycles. The maximum atomic E-state index is 9.03.